The Balaban J connectivity index is 1.68. The van der Waals surface area contributed by atoms with Crippen LogP contribution in [-0.4, -0.2) is 23.8 Å². The van der Waals surface area contributed by atoms with E-state index in [9.17, 15) is 14.4 Å². The fourth-order valence-corrected chi connectivity index (χ4v) is 2.62. The number of hydrazine groups is 1. The number of aryl methyl sites for hydroxylation is 2. The normalized spacial score (nSPS) is 11.3. The maximum atomic E-state index is 12.1. The van der Waals surface area contributed by atoms with Crippen LogP contribution in [0, 0.1) is 13.8 Å². The lowest BCUT2D eigenvalue weighted by atomic mass is 10.1. The Labute approximate surface area is 170 Å². The molecule has 0 bridgehead atoms. The van der Waals surface area contributed by atoms with Crippen LogP contribution in [0.3, 0.4) is 0 Å². The van der Waals surface area contributed by atoms with Crippen LogP contribution in [0.25, 0.3) is 0 Å². The number of para-hydroxylation sites is 1. The van der Waals surface area contributed by atoms with Crippen molar-refractivity contribution >= 4 is 17.7 Å². The highest BCUT2D eigenvalue weighted by Gasteiger charge is 2.17. The van der Waals surface area contributed by atoms with Gasteiger partial charge in [0.25, 0.3) is 5.91 Å². The molecule has 0 saturated carbocycles. The van der Waals surface area contributed by atoms with Crippen molar-refractivity contribution < 1.29 is 19.1 Å². The van der Waals surface area contributed by atoms with Crippen molar-refractivity contribution in [3.8, 4) is 5.75 Å². The molecule has 2 aromatic rings. The second kappa shape index (κ2) is 10.8. The van der Waals surface area contributed by atoms with Crippen LogP contribution in [0.15, 0.2) is 48.5 Å². The van der Waals surface area contributed by atoms with Crippen LogP contribution in [0.5, 0.6) is 5.75 Å². The summed E-state index contributed by atoms with van der Waals surface area (Å²) in [5.74, 6) is -0.513. The Morgan fingerprint density at radius 1 is 0.862 bits per heavy atom. The average Bonchev–Trinajstić information content (AvgIpc) is 2.72. The zero-order chi connectivity index (χ0) is 21.2. The molecular weight excluding hydrogens is 370 g/mol. The molecule has 7 heteroatoms. The van der Waals surface area contributed by atoms with E-state index in [1.54, 1.807) is 6.92 Å². The summed E-state index contributed by atoms with van der Waals surface area (Å²) < 4.78 is 5.71. The molecule has 0 radical (unpaired) electrons. The van der Waals surface area contributed by atoms with E-state index in [1.807, 2.05) is 62.4 Å². The fourth-order valence-electron chi connectivity index (χ4n) is 2.62. The maximum absolute atomic E-state index is 12.1. The molecule has 0 aromatic heterocycles. The second-order valence-electron chi connectivity index (χ2n) is 6.78. The molecule has 1 atom stereocenters. The van der Waals surface area contributed by atoms with Crippen molar-refractivity contribution in [3.05, 3.63) is 65.2 Å². The lowest BCUT2D eigenvalue weighted by molar-refractivity contribution is -0.133. The van der Waals surface area contributed by atoms with E-state index in [2.05, 4.69) is 16.2 Å². The van der Waals surface area contributed by atoms with Gasteiger partial charge in [0.15, 0.2) is 6.10 Å². The minimum absolute atomic E-state index is 0.0307. The lowest BCUT2D eigenvalue weighted by Gasteiger charge is -2.18. The van der Waals surface area contributed by atoms with Gasteiger partial charge in [0, 0.05) is 19.4 Å². The first-order valence-corrected chi connectivity index (χ1v) is 9.49. The minimum Gasteiger partial charge on any atom is -0.480 e. The Morgan fingerprint density at radius 3 is 2.14 bits per heavy atom. The summed E-state index contributed by atoms with van der Waals surface area (Å²) in [5.41, 5.74) is 7.47. The largest absolute Gasteiger partial charge is 0.480 e. The van der Waals surface area contributed by atoms with E-state index < -0.39 is 17.9 Å². The van der Waals surface area contributed by atoms with Crippen LogP contribution >= 0.6 is 0 Å². The molecule has 0 aliphatic heterocycles. The Kier molecular flexibility index (Phi) is 8.21. The number of hydrogen-bond donors (Lipinski definition) is 3. The van der Waals surface area contributed by atoms with Gasteiger partial charge in [-0.25, -0.2) is 0 Å². The van der Waals surface area contributed by atoms with Gasteiger partial charge in [-0.15, -0.1) is 0 Å². The highest BCUT2D eigenvalue weighted by molar-refractivity contribution is 5.87. The Hall–Kier alpha value is -3.35. The van der Waals surface area contributed by atoms with Gasteiger partial charge in [-0.05, 0) is 37.5 Å². The lowest BCUT2D eigenvalue weighted by Crippen LogP contribution is -2.47. The van der Waals surface area contributed by atoms with E-state index >= 15 is 0 Å². The maximum Gasteiger partial charge on any atom is 0.279 e. The number of carbonyl (C=O) groups excluding carboxylic acids is 3. The van der Waals surface area contributed by atoms with Crippen molar-refractivity contribution in [2.24, 2.45) is 0 Å². The zero-order valence-electron chi connectivity index (χ0n) is 17.0. The third-order valence-corrected chi connectivity index (χ3v) is 4.31. The fraction of sp³-hybridized carbons (Fsp3) is 0.318. The summed E-state index contributed by atoms with van der Waals surface area (Å²) in [6.07, 6.45) is -0.792. The van der Waals surface area contributed by atoms with Gasteiger partial charge >= 0.3 is 0 Å². The van der Waals surface area contributed by atoms with E-state index in [0.29, 0.717) is 12.3 Å². The molecule has 0 aliphatic rings. The summed E-state index contributed by atoms with van der Waals surface area (Å²) >= 11 is 0. The van der Waals surface area contributed by atoms with E-state index in [4.69, 9.17) is 4.74 Å². The molecule has 1 unspecified atom stereocenters. The molecule has 0 heterocycles. The van der Waals surface area contributed by atoms with Crippen LogP contribution in [0.2, 0.25) is 0 Å². The molecule has 2 aromatic carbocycles. The molecule has 0 fully saturated rings. The van der Waals surface area contributed by atoms with Gasteiger partial charge in [-0.2, -0.15) is 0 Å². The zero-order valence-corrected chi connectivity index (χ0v) is 17.0. The number of benzene rings is 2. The second-order valence-corrected chi connectivity index (χ2v) is 6.78. The van der Waals surface area contributed by atoms with Gasteiger partial charge in [-0.3, -0.25) is 25.2 Å². The summed E-state index contributed by atoms with van der Waals surface area (Å²) in [4.78, 5) is 35.8. The molecule has 2 rings (SSSR count). The van der Waals surface area contributed by atoms with Crippen LogP contribution in [0.1, 0.15) is 36.5 Å². The third kappa shape index (κ3) is 7.29. The molecule has 0 aliphatic carbocycles. The molecule has 0 saturated heterocycles. The number of hydrogen-bond acceptors (Lipinski definition) is 4. The molecule has 3 amide bonds. The Morgan fingerprint density at radius 2 is 1.48 bits per heavy atom. The number of carbonyl (C=O) groups is 3. The van der Waals surface area contributed by atoms with Crippen LogP contribution in [-0.2, 0) is 20.9 Å². The Bertz CT molecular complexity index is 832. The number of ether oxygens (including phenoxy) is 1. The van der Waals surface area contributed by atoms with Gasteiger partial charge < -0.3 is 10.1 Å². The highest BCUT2D eigenvalue weighted by Crippen LogP contribution is 2.23. The van der Waals surface area contributed by atoms with Gasteiger partial charge in [0.05, 0.1) is 0 Å². The first-order valence-electron chi connectivity index (χ1n) is 9.49. The number of nitrogens with one attached hydrogen (secondary N) is 3. The van der Waals surface area contributed by atoms with Crippen molar-refractivity contribution in [2.75, 3.05) is 0 Å². The van der Waals surface area contributed by atoms with E-state index in [1.165, 1.54) is 0 Å². The summed E-state index contributed by atoms with van der Waals surface area (Å²) in [6.45, 7) is 5.81. The van der Waals surface area contributed by atoms with Crippen molar-refractivity contribution in [1.29, 1.82) is 0 Å². The topological polar surface area (TPSA) is 96.5 Å². The monoisotopic (exact) mass is 397 g/mol. The number of rotatable bonds is 8. The first kappa shape index (κ1) is 21.9. The third-order valence-electron chi connectivity index (χ3n) is 4.31. The summed E-state index contributed by atoms with van der Waals surface area (Å²) in [6, 6.07) is 15.2. The summed E-state index contributed by atoms with van der Waals surface area (Å²) in [7, 11) is 0. The van der Waals surface area contributed by atoms with Crippen molar-refractivity contribution in [1.82, 2.24) is 16.2 Å². The van der Waals surface area contributed by atoms with Crippen molar-refractivity contribution in [2.45, 2.75) is 46.3 Å². The molecule has 0 spiro atoms. The van der Waals surface area contributed by atoms with E-state index in [-0.39, 0.29) is 18.7 Å². The van der Waals surface area contributed by atoms with Gasteiger partial charge in [0.1, 0.15) is 5.75 Å². The SMILES string of the molecule is Cc1cccc(C)c1OC(C)C(=O)NNC(=O)CCC(=O)NCc1ccccc1. The van der Waals surface area contributed by atoms with E-state index in [0.717, 1.165) is 16.7 Å². The van der Waals surface area contributed by atoms with Crippen molar-refractivity contribution in [3.63, 3.8) is 0 Å². The van der Waals surface area contributed by atoms with Crippen LogP contribution in [0.4, 0.5) is 0 Å². The molecule has 29 heavy (non-hydrogen) atoms. The predicted molar refractivity (Wildman–Crippen MR) is 110 cm³/mol. The van der Waals surface area contributed by atoms with Gasteiger partial charge in [0.2, 0.25) is 11.8 Å². The molecule has 7 nitrogen and oxygen atoms in total. The molecule has 3 N–H and O–H groups in total. The average molecular weight is 397 g/mol. The molecule has 154 valence electrons. The first-order chi connectivity index (χ1) is 13.9. The molecular formula is C22H27N3O4. The quantitative estimate of drug-likeness (QED) is 0.596. The van der Waals surface area contributed by atoms with Crippen LogP contribution < -0.4 is 20.9 Å². The summed E-state index contributed by atoms with van der Waals surface area (Å²) in [5, 5.41) is 2.75. The minimum atomic E-state index is -0.788. The highest BCUT2D eigenvalue weighted by atomic mass is 16.5. The smallest absolute Gasteiger partial charge is 0.279 e. The van der Waals surface area contributed by atoms with Gasteiger partial charge in [-0.1, -0.05) is 48.5 Å². The predicted octanol–water partition coefficient (Wildman–Crippen LogP) is 2.31. The standard InChI is InChI=1S/C22H27N3O4/c1-15-8-7-9-16(2)21(15)29-17(3)22(28)25-24-20(27)13-12-19(26)23-14-18-10-5-4-6-11-18/h4-11,17H,12-14H2,1-3H3,(H,23,26)(H,24,27)(H,25,28). The number of amides is 3.